The van der Waals surface area contributed by atoms with Crippen LogP contribution in [0, 0.1) is 5.92 Å². The Morgan fingerprint density at radius 2 is 2.22 bits per heavy atom. The van der Waals surface area contributed by atoms with E-state index in [9.17, 15) is 0 Å². The van der Waals surface area contributed by atoms with Gasteiger partial charge in [0.15, 0.2) is 5.82 Å². The average Bonchev–Trinajstić information content (AvgIpc) is 2.45. The molecule has 0 fully saturated rings. The highest BCUT2D eigenvalue weighted by atomic mass is 35.5. The Bertz CT molecular complexity index is 544. The minimum Gasteiger partial charge on any atom is -0.396 e. The van der Waals surface area contributed by atoms with Crippen LogP contribution in [-0.2, 0) is 0 Å². The molecule has 2 rings (SSSR count). The maximum Gasteiger partial charge on any atom is 0.153 e. The number of nitrogens with two attached hydrogens (primary N) is 1. The van der Waals surface area contributed by atoms with Crippen LogP contribution in [0.25, 0.3) is 0 Å². The number of pyridine rings is 1. The van der Waals surface area contributed by atoms with Crippen LogP contribution >= 0.6 is 11.6 Å². The summed E-state index contributed by atoms with van der Waals surface area (Å²) in [4.78, 5) is 4.21. The molecule has 0 bridgehead atoms. The summed E-state index contributed by atoms with van der Waals surface area (Å²) in [6.07, 6.45) is 7.85. The second kappa shape index (κ2) is 5.27. The topological polar surface area (TPSA) is 50.9 Å². The Morgan fingerprint density at radius 3 is 2.94 bits per heavy atom. The molecule has 0 aromatic carbocycles. The van der Waals surface area contributed by atoms with Gasteiger partial charge >= 0.3 is 0 Å². The van der Waals surface area contributed by atoms with Crippen molar-refractivity contribution in [1.82, 2.24) is 4.98 Å². The Balaban J connectivity index is 2.36. The molecule has 1 atom stereocenters. The lowest BCUT2D eigenvalue weighted by molar-refractivity contribution is 0.939. The fourth-order valence-electron chi connectivity index (χ4n) is 1.74. The summed E-state index contributed by atoms with van der Waals surface area (Å²) in [6.45, 7) is 4.09. The summed E-state index contributed by atoms with van der Waals surface area (Å²) in [5.41, 5.74) is 8.38. The molecule has 94 valence electrons. The van der Waals surface area contributed by atoms with Gasteiger partial charge in [0, 0.05) is 6.20 Å². The molecule has 3 nitrogen and oxygen atoms in total. The highest BCUT2D eigenvalue weighted by Crippen LogP contribution is 2.27. The fourth-order valence-corrected chi connectivity index (χ4v) is 2.13. The van der Waals surface area contributed by atoms with Crippen LogP contribution in [0.1, 0.15) is 13.8 Å². The molecular weight excluding hydrogens is 246 g/mol. The first-order valence-electron chi connectivity index (χ1n) is 5.82. The van der Waals surface area contributed by atoms with E-state index in [4.69, 9.17) is 17.3 Å². The van der Waals surface area contributed by atoms with Gasteiger partial charge in [0.2, 0.25) is 0 Å². The van der Waals surface area contributed by atoms with Crippen LogP contribution < -0.4 is 11.1 Å². The van der Waals surface area contributed by atoms with Crippen molar-refractivity contribution in [2.45, 2.75) is 13.8 Å². The van der Waals surface area contributed by atoms with E-state index in [1.807, 2.05) is 13.0 Å². The molecule has 3 N–H and O–H groups in total. The maximum absolute atomic E-state index is 6.31. The third kappa shape index (κ3) is 2.74. The number of hydrogen-bond donors (Lipinski definition) is 2. The minimum absolute atomic E-state index is 0.313. The van der Waals surface area contributed by atoms with Crippen molar-refractivity contribution in [3.8, 4) is 0 Å². The molecule has 1 heterocycles. The van der Waals surface area contributed by atoms with Gasteiger partial charge in [0.05, 0.1) is 16.4 Å². The van der Waals surface area contributed by atoms with E-state index in [2.05, 4.69) is 29.4 Å². The van der Waals surface area contributed by atoms with E-state index in [0.717, 1.165) is 11.3 Å². The minimum atomic E-state index is 0.313. The van der Waals surface area contributed by atoms with E-state index in [0.29, 0.717) is 22.5 Å². The third-order valence-corrected chi connectivity index (χ3v) is 3.09. The molecule has 18 heavy (non-hydrogen) atoms. The molecule has 1 unspecified atom stereocenters. The monoisotopic (exact) mass is 261 g/mol. The number of nitrogens with zero attached hydrogens (tertiary/aromatic N) is 1. The first kappa shape index (κ1) is 12.7. The van der Waals surface area contributed by atoms with Crippen molar-refractivity contribution in [1.29, 1.82) is 0 Å². The standard InChI is InChI=1S/C14H16ClN3/c1-9-5-6-10(2)13(11(15)8-9)18-14-12(16)4-3-7-17-14/h3-9H,16H2,1-2H3,(H,17,18). The first-order valence-corrected chi connectivity index (χ1v) is 6.20. The summed E-state index contributed by atoms with van der Waals surface area (Å²) in [5.74, 6) is 0.939. The molecule has 0 amide bonds. The summed E-state index contributed by atoms with van der Waals surface area (Å²) in [5, 5.41) is 3.89. The van der Waals surface area contributed by atoms with Gasteiger partial charge in [-0.3, -0.25) is 0 Å². The van der Waals surface area contributed by atoms with Crippen LogP contribution in [0.4, 0.5) is 11.5 Å². The number of aromatic nitrogens is 1. The Hall–Kier alpha value is -1.74. The Labute approximate surface area is 112 Å². The number of anilines is 2. The fraction of sp³-hybridized carbons (Fsp3) is 0.214. The van der Waals surface area contributed by atoms with Gasteiger partial charge in [-0.25, -0.2) is 4.98 Å². The lowest BCUT2D eigenvalue weighted by Gasteiger charge is -2.13. The summed E-state index contributed by atoms with van der Waals surface area (Å²) < 4.78 is 0. The van der Waals surface area contributed by atoms with Crippen LogP contribution in [0.2, 0.25) is 0 Å². The van der Waals surface area contributed by atoms with Gasteiger partial charge in [0.25, 0.3) is 0 Å². The summed E-state index contributed by atoms with van der Waals surface area (Å²) >= 11 is 6.31. The second-order valence-corrected chi connectivity index (χ2v) is 4.76. The average molecular weight is 262 g/mol. The molecule has 1 aromatic heterocycles. The van der Waals surface area contributed by atoms with Crippen LogP contribution in [0.3, 0.4) is 0 Å². The van der Waals surface area contributed by atoms with Gasteiger partial charge in [-0.1, -0.05) is 36.8 Å². The number of nitrogen functional groups attached to an aromatic ring is 1. The Morgan fingerprint density at radius 1 is 1.44 bits per heavy atom. The first-order chi connectivity index (χ1) is 8.58. The predicted octanol–water partition coefficient (Wildman–Crippen LogP) is 3.68. The third-order valence-electron chi connectivity index (χ3n) is 2.77. The van der Waals surface area contributed by atoms with Crippen LogP contribution in [0.5, 0.6) is 0 Å². The Kier molecular flexibility index (Phi) is 3.72. The largest absolute Gasteiger partial charge is 0.396 e. The SMILES string of the molecule is CC1=C(Nc2ncccc2N)C(Cl)=CC(C)C=C1. The predicted molar refractivity (Wildman–Crippen MR) is 77.2 cm³/mol. The highest BCUT2D eigenvalue weighted by Gasteiger charge is 2.12. The second-order valence-electron chi connectivity index (χ2n) is 4.36. The molecule has 0 saturated carbocycles. The quantitative estimate of drug-likeness (QED) is 0.854. The zero-order valence-corrected chi connectivity index (χ0v) is 11.2. The van der Waals surface area contributed by atoms with Crippen molar-refractivity contribution in [3.63, 3.8) is 0 Å². The smallest absolute Gasteiger partial charge is 0.153 e. The van der Waals surface area contributed by atoms with Crippen molar-refractivity contribution >= 4 is 23.1 Å². The van der Waals surface area contributed by atoms with E-state index in [1.54, 1.807) is 18.3 Å². The molecule has 0 saturated heterocycles. The normalized spacial score (nSPS) is 19.5. The van der Waals surface area contributed by atoms with Crippen LogP contribution in [0.15, 0.2) is 52.9 Å². The molecule has 0 spiro atoms. The zero-order chi connectivity index (χ0) is 13.1. The zero-order valence-electron chi connectivity index (χ0n) is 10.4. The van der Waals surface area contributed by atoms with Gasteiger partial charge in [0.1, 0.15) is 0 Å². The number of allylic oxidation sites excluding steroid dienone is 5. The van der Waals surface area contributed by atoms with Gasteiger partial charge in [-0.05, 0) is 30.5 Å². The molecule has 0 radical (unpaired) electrons. The molecule has 1 aliphatic rings. The van der Waals surface area contributed by atoms with E-state index < -0.39 is 0 Å². The van der Waals surface area contributed by atoms with Gasteiger partial charge in [-0.15, -0.1) is 0 Å². The van der Waals surface area contributed by atoms with Crippen LogP contribution in [-0.4, -0.2) is 4.98 Å². The van der Waals surface area contributed by atoms with Gasteiger partial charge < -0.3 is 11.1 Å². The number of rotatable bonds is 2. The van der Waals surface area contributed by atoms with E-state index in [1.165, 1.54) is 0 Å². The molecular formula is C14H16ClN3. The van der Waals surface area contributed by atoms with Crippen molar-refractivity contribution in [3.05, 3.63) is 52.9 Å². The molecule has 1 aliphatic carbocycles. The van der Waals surface area contributed by atoms with Crippen molar-refractivity contribution < 1.29 is 0 Å². The summed E-state index contributed by atoms with van der Waals surface area (Å²) in [7, 11) is 0. The van der Waals surface area contributed by atoms with Crippen molar-refractivity contribution in [2.24, 2.45) is 5.92 Å². The van der Waals surface area contributed by atoms with Gasteiger partial charge in [-0.2, -0.15) is 0 Å². The van der Waals surface area contributed by atoms with E-state index >= 15 is 0 Å². The maximum atomic E-state index is 6.31. The van der Waals surface area contributed by atoms with E-state index in [-0.39, 0.29) is 0 Å². The lowest BCUT2D eigenvalue weighted by Crippen LogP contribution is -2.06. The summed E-state index contributed by atoms with van der Waals surface area (Å²) in [6, 6.07) is 3.60. The number of nitrogens with one attached hydrogen (secondary N) is 1. The molecule has 1 aromatic rings. The van der Waals surface area contributed by atoms with Crippen molar-refractivity contribution in [2.75, 3.05) is 11.1 Å². The lowest BCUT2D eigenvalue weighted by atomic mass is 10.1. The molecule has 4 heteroatoms. The molecule has 0 aliphatic heterocycles. The number of hydrogen-bond acceptors (Lipinski definition) is 3. The number of halogens is 1. The highest BCUT2D eigenvalue weighted by molar-refractivity contribution is 6.32.